The Morgan fingerprint density at radius 2 is 2.06 bits per heavy atom. The zero-order valence-corrected chi connectivity index (χ0v) is 11.7. The summed E-state index contributed by atoms with van der Waals surface area (Å²) in [7, 11) is 0. The first kappa shape index (κ1) is 13.5. The van der Waals surface area contributed by atoms with Gasteiger partial charge in [0, 0.05) is 0 Å². The van der Waals surface area contributed by atoms with Crippen molar-refractivity contribution in [1.29, 1.82) is 0 Å². The van der Waals surface area contributed by atoms with Gasteiger partial charge in [-0.1, -0.05) is 51.0 Å². The van der Waals surface area contributed by atoms with Crippen molar-refractivity contribution in [2.75, 3.05) is 0 Å². The Labute approximate surface area is 102 Å². The molecule has 1 rings (SSSR count). The summed E-state index contributed by atoms with van der Waals surface area (Å²) in [5, 5.41) is 0. The highest BCUT2D eigenvalue weighted by Gasteiger charge is 2.34. The smallest absolute Gasteiger partial charge is 0.00287 e. The van der Waals surface area contributed by atoms with Crippen molar-refractivity contribution in [3.8, 4) is 0 Å². The Balaban J connectivity index is 2.48. The fraction of sp³-hybridized carbons (Fsp3) is 0.750. The molecule has 4 atom stereocenters. The van der Waals surface area contributed by atoms with E-state index in [1.807, 2.05) is 0 Å². The maximum Gasteiger partial charge on any atom is -0.00287 e. The van der Waals surface area contributed by atoms with Gasteiger partial charge in [0.15, 0.2) is 0 Å². The molecule has 92 valence electrons. The van der Waals surface area contributed by atoms with Crippen LogP contribution in [0, 0.1) is 23.7 Å². The molecule has 0 aromatic heterocycles. The second kappa shape index (κ2) is 6.27. The van der Waals surface area contributed by atoms with E-state index < -0.39 is 0 Å². The van der Waals surface area contributed by atoms with Crippen LogP contribution in [-0.4, -0.2) is 0 Å². The fourth-order valence-corrected chi connectivity index (χ4v) is 2.83. The lowest BCUT2D eigenvalue weighted by molar-refractivity contribution is 0.122. The lowest BCUT2D eigenvalue weighted by Crippen LogP contribution is -2.32. The molecule has 0 radical (unpaired) electrons. The maximum absolute atomic E-state index is 2.48. The van der Waals surface area contributed by atoms with E-state index in [4.69, 9.17) is 0 Å². The SMILES string of the molecule is CC=C(C)C(C=CC1CC(CC)C1C)CC. The molecule has 0 heterocycles. The predicted octanol–water partition coefficient (Wildman–Crippen LogP) is 5.22. The highest BCUT2D eigenvalue weighted by atomic mass is 14.4. The molecule has 0 spiro atoms. The van der Waals surface area contributed by atoms with Crippen LogP contribution in [0.4, 0.5) is 0 Å². The standard InChI is InChI=1S/C16H28/c1-6-12(4)14(7-2)9-10-16-11-15(8-3)13(16)5/h6,9-10,13-16H,7-8,11H2,1-5H3. The summed E-state index contributed by atoms with van der Waals surface area (Å²) < 4.78 is 0. The molecule has 4 unspecified atom stereocenters. The van der Waals surface area contributed by atoms with Crippen LogP contribution in [0.5, 0.6) is 0 Å². The minimum Gasteiger partial charge on any atom is -0.0881 e. The van der Waals surface area contributed by atoms with E-state index in [1.54, 1.807) is 0 Å². The minimum absolute atomic E-state index is 0.665. The van der Waals surface area contributed by atoms with Gasteiger partial charge in [0.05, 0.1) is 0 Å². The number of hydrogen-bond donors (Lipinski definition) is 0. The lowest BCUT2D eigenvalue weighted by atomic mass is 9.64. The summed E-state index contributed by atoms with van der Waals surface area (Å²) in [5.74, 6) is 3.41. The summed E-state index contributed by atoms with van der Waals surface area (Å²) in [4.78, 5) is 0. The maximum atomic E-state index is 2.48. The Morgan fingerprint density at radius 1 is 1.38 bits per heavy atom. The molecule has 0 saturated heterocycles. The normalized spacial score (nSPS) is 32.8. The Hall–Kier alpha value is -0.520. The lowest BCUT2D eigenvalue weighted by Gasteiger charge is -2.41. The first-order valence-electron chi connectivity index (χ1n) is 6.95. The van der Waals surface area contributed by atoms with Gasteiger partial charge >= 0.3 is 0 Å². The molecular weight excluding hydrogens is 192 g/mol. The molecule has 0 amide bonds. The third-order valence-electron chi connectivity index (χ3n) is 4.59. The van der Waals surface area contributed by atoms with E-state index in [-0.39, 0.29) is 0 Å². The minimum atomic E-state index is 0.665. The molecule has 16 heavy (non-hydrogen) atoms. The molecule has 1 aliphatic rings. The van der Waals surface area contributed by atoms with Gasteiger partial charge in [0.1, 0.15) is 0 Å². The van der Waals surface area contributed by atoms with E-state index in [1.165, 1.54) is 24.8 Å². The van der Waals surface area contributed by atoms with Crippen LogP contribution in [0.3, 0.4) is 0 Å². The first-order chi connectivity index (χ1) is 7.63. The molecule has 1 aliphatic carbocycles. The van der Waals surface area contributed by atoms with E-state index in [0.29, 0.717) is 5.92 Å². The van der Waals surface area contributed by atoms with Crippen molar-refractivity contribution in [3.63, 3.8) is 0 Å². The fourth-order valence-electron chi connectivity index (χ4n) is 2.83. The number of rotatable bonds is 5. The largest absolute Gasteiger partial charge is 0.0881 e. The first-order valence-corrected chi connectivity index (χ1v) is 6.95. The number of allylic oxidation sites excluding steroid dienone is 4. The van der Waals surface area contributed by atoms with E-state index >= 15 is 0 Å². The second-order valence-corrected chi connectivity index (χ2v) is 5.36. The molecule has 1 fully saturated rings. The van der Waals surface area contributed by atoms with Crippen molar-refractivity contribution >= 4 is 0 Å². The van der Waals surface area contributed by atoms with Gasteiger partial charge in [-0.05, 0) is 50.4 Å². The summed E-state index contributed by atoms with van der Waals surface area (Å²) >= 11 is 0. The van der Waals surface area contributed by atoms with Crippen molar-refractivity contribution < 1.29 is 0 Å². The van der Waals surface area contributed by atoms with Gasteiger partial charge in [-0.3, -0.25) is 0 Å². The summed E-state index contributed by atoms with van der Waals surface area (Å²) in [6, 6.07) is 0. The Bertz CT molecular complexity index is 259. The molecular formula is C16H28. The molecule has 0 N–H and O–H groups in total. The van der Waals surface area contributed by atoms with E-state index in [2.05, 4.69) is 52.8 Å². The molecule has 0 aromatic carbocycles. The second-order valence-electron chi connectivity index (χ2n) is 5.36. The van der Waals surface area contributed by atoms with Crippen LogP contribution in [0.1, 0.15) is 53.9 Å². The van der Waals surface area contributed by atoms with Crippen molar-refractivity contribution in [1.82, 2.24) is 0 Å². The van der Waals surface area contributed by atoms with Crippen LogP contribution >= 0.6 is 0 Å². The third kappa shape index (κ3) is 2.99. The van der Waals surface area contributed by atoms with Gasteiger partial charge in [0.25, 0.3) is 0 Å². The average Bonchev–Trinajstić information content (AvgIpc) is 2.31. The highest BCUT2D eigenvalue weighted by molar-refractivity contribution is 5.12. The van der Waals surface area contributed by atoms with Gasteiger partial charge in [0.2, 0.25) is 0 Å². The predicted molar refractivity (Wildman–Crippen MR) is 73.4 cm³/mol. The Morgan fingerprint density at radius 3 is 2.50 bits per heavy atom. The van der Waals surface area contributed by atoms with Gasteiger partial charge in [-0.15, -0.1) is 0 Å². The topological polar surface area (TPSA) is 0 Å². The molecule has 0 nitrogen and oxygen atoms in total. The van der Waals surface area contributed by atoms with Gasteiger partial charge < -0.3 is 0 Å². The van der Waals surface area contributed by atoms with Crippen molar-refractivity contribution in [3.05, 3.63) is 23.8 Å². The van der Waals surface area contributed by atoms with Crippen LogP contribution in [0.25, 0.3) is 0 Å². The summed E-state index contributed by atoms with van der Waals surface area (Å²) in [5.41, 5.74) is 1.51. The van der Waals surface area contributed by atoms with Gasteiger partial charge in [-0.2, -0.15) is 0 Å². The zero-order chi connectivity index (χ0) is 12.1. The molecule has 0 heteroatoms. The molecule has 0 bridgehead atoms. The Kier molecular flexibility index (Phi) is 5.31. The highest BCUT2D eigenvalue weighted by Crippen LogP contribution is 2.43. The third-order valence-corrected chi connectivity index (χ3v) is 4.59. The monoisotopic (exact) mass is 220 g/mol. The van der Waals surface area contributed by atoms with Crippen LogP contribution < -0.4 is 0 Å². The summed E-state index contributed by atoms with van der Waals surface area (Å²) in [6.45, 7) is 11.4. The quantitative estimate of drug-likeness (QED) is 0.557. The van der Waals surface area contributed by atoms with Crippen molar-refractivity contribution in [2.45, 2.75) is 53.9 Å². The zero-order valence-electron chi connectivity index (χ0n) is 11.7. The van der Waals surface area contributed by atoms with Crippen LogP contribution in [0.15, 0.2) is 23.8 Å². The summed E-state index contributed by atoms with van der Waals surface area (Å²) in [6.07, 6.45) is 11.2. The van der Waals surface area contributed by atoms with Crippen LogP contribution in [-0.2, 0) is 0 Å². The van der Waals surface area contributed by atoms with E-state index in [9.17, 15) is 0 Å². The molecule has 1 saturated carbocycles. The molecule has 0 aliphatic heterocycles. The average molecular weight is 220 g/mol. The van der Waals surface area contributed by atoms with Crippen molar-refractivity contribution in [2.24, 2.45) is 23.7 Å². The van der Waals surface area contributed by atoms with Crippen LogP contribution in [0.2, 0.25) is 0 Å². The number of hydrogen-bond acceptors (Lipinski definition) is 0. The molecule has 0 aromatic rings. The van der Waals surface area contributed by atoms with Gasteiger partial charge in [-0.25, -0.2) is 0 Å². The van der Waals surface area contributed by atoms with E-state index in [0.717, 1.165) is 17.8 Å².